The first kappa shape index (κ1) is 15.4. The van der Waals surface area contributed by atoms with Gasteiger partial charge < -0.3 is 5.32 Å². The Morgan fingerprint density at radius 2 is 1.74 bits per heavy atom. The summed E-state index contributed by atoms with van der Waals surface area (Å²) < 4.78 is 37.1. The van der Waals surface area contributed by atoms with E-state index in [9.17, 15) is 13.2 Å². The molecule has 104 valence electrons. The molecule has 0 radical (unpaired) electrons. The van der Waals surface area contributed by atoms with E-state index in [1.807, 2.05) is 13.8 Å². The van der Waals surface area contributed by atoms with E-state index in [-0.39, 0.29) is 5.41 Å². The Balaban J connectivity index is 2.57. The van der Waals surface area contributed by atoms with Gasteiger partial charge in [-0.05, 0) is 36.1 Å². The summed E-state index contributed by atoms with van der Waals surface area (Å²) in [6.07, 6.45) is -3.08. The van der Waals surface area contributed by atoms with Crippen LogP contribution in [0.2, 0.25) is 0 Å². The van der Waals surface area contributed by atoms with Gasteiger partial charge in [-0.25, -0.2) is 0 Å². The average molecular weight is 270 g/mol. The van der Waals surface area contributed by atoms with Crippen molar-refractivity contribution in [2.45, 2.75) is 32.9 Å². The topological polar surface area (TPSA) is 35.8 Å². The van der Waals surface area contributed by atoms with Crippen molar-refractivity contribution in [3.8, 4) is 6.07 Å². The molecule has 0 bridgehead atoms. The third-order valence-corrected chi connectivity index (χ3v) is 2.90. The summed E-state index contributed by atoms with van der Waals surface area (Å²) in [5.41, 5.74) is -0.0712. The van der Waals surface area contributed by atoms with E-state index in [2.05, 4.69) is 11.4 Å². The summed E-state index contributed by atoms with van der Waals surface area (Å²) in [5.74, 6) is 0. The van der Waals surface area contributed by atoms with Crippen molar-refractivity contribution in [3.05, 3.63) is 29.8 Å². The van der Waals surface area contributed by atoms with Gasteiger partial charge in [-0.3, -0.25) is 0 Å². The quantitative estimate of drug-likeness (QED) is 0.858. The summed E-state index contributed by atoms with van der Waals surface area (Å²) >= 11 is 0. The predicted octanol–water partition coefficient (Wildman–Crippen LogP) is 4.45. The molecule has 0 atom stereocenters. The molecule has 0 aromatic heterocycles. The Morgan fingerprint density at radius 1 is 1.16 bits per heavy atom. The summed E-state index contributed by atoms with van der Waals surface area (Å²) in [6.45, 7) is 4.64. The van der Waals surface area contributed by atoms with Crippen molar-refractivity contribution >= 4 is 5.69 Å². The Hall–Kier alpha value is -1.70. The van der Waals surface area contributed by atoms with Crippen LogP contribution in [0.5, 0.6) is 0 Å². The number of alkyl halides is 3. The SMILES string of the molecule is CC(C)(CCC#N)CNc1ccc(C(F)(F)F)cc1. The Bertz CT molecular complexity index is 441. The van der Waals surface area contributed by atoms with Gasteiger partial charge in [0.2, 0.25) is 0 Å². The van der Waals surface area contributed by atoms with Crippen LogP contribution in [0.3, 0.4) is 0 Å². The molecule has 1 N–H and O–H groups in total. The molecular formula is C14H17F3N2. The van der Waals surface area contributed by atoms with Crippen LogP contribution in [0.4, 0.5) is 18.9 Å². The maximum atomic E-state index is 12.4. The standard InChI is InChI=1S/C14H17F3N2/c1-13(2,8-3-9-18)10-19-12-6-4-11(5-7-12)14(15,16)17/h4-7,19H,3,8,10H2,1-2H3. The van der Waals surface area contributed by atoms with Crippen molar-refractivity contribution in [1.82, 2.24) is 0 Å². The van der Waals surface area contributed by atoms with E-state index < -0.39 is 11.7 Å². The molecule has 0 saturated heterocycles. The second kappa shape index (κ2) is 5.96. The Kier molecular flexibility index (Phi) is 4.82. The first-order chi connectivity index (χ1) is 8.74. The van der Waals surface area contributed by atoms with E-state index >= 15 is 0 Å². The van der Waals surface area contributed by atoms with E-state index in [1.165, 1.54) is 12.1 Å². The monoisotopic (exact) mass is 270 g/mol. The molecule has 1 rings (SSSR count). The fourth-order valence-electron chi connectivity index (χ4n) is 1.60. The number of nitriles is 1. The molecule has 0 heterocycles. The van der Waals surface area contributed by atoms with Gasteiger partial charge in [0.25, 0.3) is 0 Å². The number of benzene rings is 1. The highest BCUT2D eigenvalue weighted by Crippen LogP contribution is 2.30. The minimum Gasteiger partial charge on any atom is -0.385 e. The molecule has 1 aromatic carbocycles. The van der Waals surface area contributed by atoms with E-state index in [0.29, 0.717) is 18.7 Å². The number of halogens is 3. The highest BCUT2D eigenvalue weighted by Gasteiger charge is 2.30. The molecule has 0 spiro atoms. The molecule has 2 nitrogen and oxygen atoms in total. The van der Waals surface area contributed by atoms with Gasteiger partial charge in [0.05, 0.1) is 11.6 Å². The van der Waals surface area contributed by atoms with Gasteiger partial charge in [-0.1, -0.05) is 13.8 Å². The Morgan fingerprint density at radius 3 is 2.21 bits per heavy atom. The van der Waals surface area contributed by atoms with E-state index in [0.717, 1.165) is 18.6 Å². The minimum absolute atomic E-state index is 0.0710. The smallest absolute Gasteiger partial charge is 0.385 e. The predicted molar refractivity (Wildman–Crippen MR) is 68.6 cm³/mol. The van der Waals surface area contributed by atoms with Gasteiger partial charge in [0.15, 0.2) is 0 Å². The van der Waals surface area contributed by atoms with Crippen molar-refractivity contribution in [3.63, 3.8) is 0 Å². The van der Waals surface area contributed by atoms with Crippen LogP contribution < -0.4 is 5.32 Å². The average Bonchev–Trinajstić information content (AvgIpc) is 2.34. The van der Waals surface area contributed by atoms with Crippen molar-refractivity contribution in [1.29, 1.82) is 5.26 Å². The zero-order valence-corrected chi connectivity index (χ0v) is 11.0. The molecule has 0 saturated carbocycles. The lowest BCUT2D eigenvalue weighted by Gasteiger charge is -2.24. The van der Waals surface area contributed by atoms with Crippen LogP contribution in [-0.2, 0) is 6.18 Å². The van der Waals surface area contributed by atoms with Crippen LogP contribution in [0, 0.1) is 16.7 Å². The molecule has 0 fully saturated rings. The maximum Gasteiger partial charge on any atom is 0.416 e. The van der Waals surface area contributed by atoms with Crippen LogP contribution in [-0.4, -0.2) is 6.54 Å². The first-order valence-electron chi connectivity index (χ1n) is 6.03. The lowest BCUT2D eigenvalue weighted by atomic mass is 9.88. The van der Waals surface area contributed by atoms with Crippen molar-refractivity contribution in [2.75, 3.05) is 11.9 Å². The molecule has 5 heteroatoms. The third kappa shape index (κ3) is 5.21. The van der Waals surface area contributed by atoms with E-state index in [1.54, 1.807) is 0 Å². The highest BCUT2D eigenvalue weighted by atomic mass is 19.4. The normalized spacial score (nSPS) is 12.0. The Labute approximate surface area is 111 Å². The third-order valence-electron chi connectivity index (χ3n) is 2.90. The molecule has 0 amide bonds. The number of nitrogens with zero attached hydrogens (tertiary/aromatic N) is 1. The van der Waals surface area contributed by atoms with Gasteiger partial charge in [-0.2, -0.15) is 18.4 Å². The van der Waals surface area contributed by atoms with Gasteiger partial charge in [0, 0.05) is 18.7 Å². The lowest BCUT2D eigenvalue weighted by Crippen LogP contribution is -2.22. The maximum absolute atomic E-state index is 12.4. The first-order valence-corrected chi connectivity index (χ1v) is 6.03. The second-order valence-electron chi connectivity index (χ2n) is 5.25. The number of rotatable bonds is 5. The number of nitrogens with one attached hydrogen (secondary N) is 1. The lowest BCUT2D eigenvalue weighted by molar-refractivity contribution is -0.137. The van der Waals surface area contributed by atoms with Gasteiger partial charge in [-0.15, -0.1) is 0 Å². The summed E-state index contributed by atoms with van der Waals surface area (Å²) in [7, 11) is 0. The zero-order chi connectivity index (χ0) is 14.5. The molecule has 0 unspecified atom stereocenters. The molecule has 0 aliphatic heterocycles. The number of hydrogen-bond acceptors (Lipinski definition) is 2. The van der Waals surface area contributed by atoms with Crippen molar-refractivity contribution in [2.24, 2.45) is 5.41 Å². The fourth-order valence-corrected chi connectivity index (χ4v) is 1.60. The van der Waals surface area contributed by atoms with Crippen LogP contribution in [0.25, 0.3) is 0 Å². The van der Waals surface area contributed by atoms with Crippen LogP contribution in [0.1, 0.15) is 32.3 Å². The second-order valence-corrected chi connectivity index (χ2v) is 5.25. The summed E-state index contributed by atoms with van der Waals surface area (Å²) in [4.78, 5) is 0. The summed E-state index contributed by atoms with van der Waals surface area (Å²) in [6, 6.07) is 7.05. The fraction of sp³-hybridized carbons (Fsp3) is 0.500. The van der Waals surface area contributed by atoms with Gasteiger partial charge in [0.1, 0.15) is 0 Å². The van der Waals surface area contributed by atoms with Crippen molar-refractivity contribution < 1.29 is 13.2 Å². The van der Waals surface area contributed by atoms with Crippen LogP contribution >= 0.6 is 0 Å². The molecule has 0 aliphatic rings. The minimum atomic E-state index is -4.30. The summed E-state index contributed by atoms with van der Waals surface area (Å²) in [5, 5.41) is 11.6. The molecular weight excluding hydrogens is 253 g/mol. The van der Waals surface area contributed by atoms with Crippen LogP contribution in [0.15, 0.2) is 24.3 Å². The zero-order valence-electron chi connectivity index (χ0n) is 11.0. The molecule has 19 heavy (non-hydrogen) atoms. The molecule has 1 aromatic rings. The van der Waals surface area contributed by atoms with Gasteiger partial charge >= 0.3 is 6.18 Å². The highest BCUT2D eigenvalue weighted by molar-refractivity contribution is 5.45. The largest absolute Gasteiger partial charge is 0.416 e. The number of hydrogen-bond donors (Lipinski definition) is 1. The number of anilines is 1. The van der Waals surface area contributed by atoms with E-state index in [4.69, 9.17) is 5.26 Å². The molecule has 0 aliphatic carbocycles.